The van der Waals surface area contributed by atoms with E-state index < -0.39 is 18.0 Å². The molecule has 0 saturated heterocycles. The van der Waals surface area contributed by atoms with Gasteiger partial charge in [-0.1, -0.05) is 77.0 Å². The average molecular weight is 601 g/mol. The number of ketones is 1. The summed E-state index contributed by atoms with van der Waals surface area (Å²) < 4.78 is 10.4. The topological polar surface area (TPSA) is 168 Å². The Labute approximate surface area is 251 Å². The molecule has 0 radical (unpaired) electrons. The van der Waals surface area contributed by atoms with Gasteiger partial charge in [-0.05, 0) is 32.6 Å². The highest BCUT2D eigenvalue weighted by atomic mass is 16.5. The predicted octanol–water partition coefficient (Wildman–Crippen LogP) is 4.79. The lowest BCUT2D eigenvalue weighted by Crippen LogP contribution is -2.40. The highest BCUT2D eigenvalue weighted by Gasteiger charge is 2.19. The molecule has 0 fully saturated rings. The largest absolute Gasteiger partial charge is 0.481 e. The molecule has 4 N–H and O–H groups in total. The first-order valence-corrected chi connectivity index (χ1v) is 15.9. The zero-order chi connectivity index (χ0) is 31.3. The van der Waals surface area contributed by atoms with E-state index in [0.717, 1.165) is 44.9 Å². The molecule has 0 aromatic rings. The molecule has 11 nitrogen and oxygen atoms in total. The number of carbonyl (C=O) groups excluding carboxylic acids is 3. The fourth-order valence-corrected chi connectivity index (χ4v) is 4.46. The number of nitrogens with one attached hydrogen (secondary N) is 2. The monoisotopic (exact) mass is 600 g/mol. The average Bonchev–Trinajstić information content (AvgIpc) is 2.93. The second kappa shape index (κ2) is 28.6. The quantitative estimate of drug-likeness (QED) is 0.0818. The number of hydrogen-bond donors (Lipinski definition) is 4. The minimum Gasteiger partial charge on any atom is -0.481 e. The third-order valence-electron chi connectivity index (χ3n) is 6.82. The van der Waals surface area contributed by atoms with Gasteiger partial charge in [0, 0.05) is 25.8 Å². The second-order valence-corrected chi connectivity index (χ2v) is 10.9. The molecule has 0 aromatic carbocycles. The summed E-state index contributed by atoms with van der Waals surface area (Å²) in [5.41, 5.74) is 0. The normalized spacial score (nSPS) is 11.6. The number of rotatable bonds is 31. The molecule has 0 saturated carbocycles. The van der Waals surface area contributed by atoms with Crippen LogP contribution in [0.15, 0.2) is 0 Å². The Balaban J connectivity index is 3.64. The van der Waals surface area contributed by atoms with Crippen LogP contribution in [-0.4, -0.2) is 78.8 Å². The lowest BCUT2D eigenvalue weighted by molar-refractivity contribution is -0.142. The number of carboxylic acids is 2. The van der Waals surface area contributed by atoms with Crippen molar-refractivity contribution in [3.63, 3.8) is 0 Å². The molecule has 11 heteroatoms. The first-order valence-electron chi connectivity index (χ1n) is 15.9. The van der Waals surface area contributed by atoms with Crippen LogP contribution in [0.2, 0.25) is 0 Å². The maximum Gasteiger partial charge on any atom is 0.326 e. The van der Waals surface area contributed by atoms with Crippen LogP contribution in [0.1, 0.15) is 129 Å². The van der Waals surface area contributed by atoms with E-state index in [-0.39, 0.29) is 43.5 Å². The molecule has 2 amide bonds. The van der Waals surface area contributed by atoms with Crippen LogP contribution in [-0.2, 0) is 33.4 Å². The van der Waals surface area contributed by atoms with Crippen LogP contribution in [0.5, 0.6) is 0 Å². The van der Waals surface area contributed by atoms with Crippen LogP contribution in [0, 0.1) is 0 Å². The molecule has 0 unspecified atom stereocenters. The fraction of sp³-hybridized carbons (Fsp3) is 0.839. The van der Waals surface area contributed by atoms with Crippen molar-refractivity contribution in [2.75, 3.05) is 33.0 Å². The Morgan fingerprint density at radius 3 is 1.57 bits per heavy atom. The second-order valence-electron chi connectivity index (χ2n) is 10.9. The molecule has 42 heavy (non-hydrogen) atoms. The first kappa shape index (κ1) is 39.5. The van der Waals surface area contributed by atoms with Gasteiger partial charge in [-0.3, -0.25) is 19.2 Å². The van der Waals surface area contributed by atoms with E-state index in [1.807, 2.05) is 0 Å². The molecule has 0 bridgehead atoms. The van der Waals surface area contributed by atoms with E-state index in [9.17, 15) is 29.1 Å². The van der Waals surface area contributed by atoms with Gasteiger partial charge in [0.2, 0.25) is 11.8 Å². The van der Waals surface area contributed by atoms with E-state index in [4.69, 9.17) is 14.6 Å². The number of carboxylic acid groups (broad SMARTS) is 2. The standard InChI is InChI=1S/C31H56N2O9/c1-26(34)25-42-24-23-41-22-21-32-28(35)19-16-17-27(31(39)40)33-29(36)18-14-12-10-8-6-4-2-3-5-7-9-11-13-15-20-30(37)38/h27H,2-25H2,1H3,(H,32,35)(H,33,36)(H,37,38)(H,39,40)/t27-/m0/s1. The number of Topliss-reactive ketones (excluding diaryl/α,β-unsaturated/α-hetero) is 1. The Bertz CT molecular complexity index is 746. The molecule has 0 rings (SSSR count). The minimum atomic E-state index is -1.10. The summed E-state index contributed by atoms with van der Waals surface area (Å²) in [5, 5.41) is 23.3. The molecule has 0 aromatic heterocycles. The number of hydrogen-bond acceptors (Lipinski definition) is 7. The summed E-state index contributed by atoms with van der Waals surface area (Å²) in [6.07, 6.45) is 16.7. The molecule has 1 atom stereocenters. The summed E-state index contributed by atoms with van der Waals surface area (Å²) >= 11 is 0. The van der Waals surface area contributed by atoms with E-state index in [1.165, 1.54) is 51.9 Å². The van der Waals surface area contributed by atoms with Crippen molar-refractivity contribution in [3.8, 4) is 0 Å². The van der Waals surface area contributed by atoms with Crippen molar-refractivity contribution in [1.82, 2.24) is 10.6 Å². The highest BCUT2D eigenvalue weighted by Crippen LogP contribution is 2.14. The fourth-order valence-electron chi connectivity index (χ4n) is 4.46. The van der Waals surface area contributed by atoms with Crippen molar-refractivity contribution in [2.24, 2.45) is 0 Å². The van der Waals surface area contributed by atoms with Crippen molar-refractivity contribution in [3.05, 3.63) is 0 Å². The predicted molar refractivity (Wildman–Crippen MR) is 160 cm³/mol. The zero-order valence-electron chi connectivity index (χ0n) is 25.8. The Kier molecular flexibility index (Phi) is 26.9. The number of ether oxygens (including phenoxy) is 2. The molecule has 0 aliphatic heterocycles. The van der Waals surface area contributed by atoms with Gasteiger partial charge < -0.3 is 30.3 Å². The number of unbranched alkanes of at least 4 members (excludes halogenated alkanes) is 13. The van der Waals surface area contributed by atoms with Gasteiger partial charge in [-0.2, -0.15) is 0 Å². The Morgan fingerprint density at radius 1 is 0.595 bits per heavy atom. The first-order chi connectivity index (χ1) is 20.2. The van der Waals surface area contributed by atoms with Crippen LogP contribution in [0.4, 0.5) is 0 Å². The smallest absolute Gasteiger partial charge is 0.326 e. The maximum absolute atomic E-state index is 12.2. The lowest BCUT2D eigenvalue weighted by atomic mass is 10.0. The SMILES string of the molecule is CC(=O)COCCOCCNC(=O)CCC[C@H](NC(=O)CCCCCCCCCCCCCCCCC(=O)O)C(=O)O. The van der Waals surface area contributed by atoms with Crippen LogP contribution < -0.4 is 10.6 Å². The third kappa shape index (κ3) is 29.0. The number of amides is 2. The van der Waals surface area contributed by atoms with Crippen LogP contribution >= 0.6 is 0 Å². The van der Waals surface area contributed by atoms with E-state index >= 15 is 0 Å². The zero-order valence-corrected chi connectivity index (χ0v) is 25.8. The molecule has 0 spiro atoms. The van der Waals surface area contributed by atoms with Crippen molar-refractivity contribution >= 4 is 29.5 Å². The van der Waals surface area contributed by atoms with E-state index in [0.29, 0.717) is 39.2 Å². The van der Waals surface area contributed by atoms with Gasteiger partial charge in [-0.15, -0.1) is 0 Å². The van der Waals surface area contributed by atoms with Crippen LogP contribution in [0.3, 0.4) is 0 Å². The van der Waals surface area contributed by atoms with Crippen molar-refractivity contribution < 1.29 is 43.7 Å². The molecule has 0 aliphatic rings. The summed E-state index contributed by atoms with van der Waals surface area (Å²) in [5.74, 6) is -2.33. The summed E-state index contributed by atoms with van der Waals surface area (Å²) in [4.78, 5) is 56.9. The summed E-state index contributed by atoms with van der Waals surface area (Å²) in [6, 6.07) is -0.999. The van der Waals surface area contributed by atoms with Gasteiger partial charge in [0.1, 0.15) is 12.6 Å². The van der Waals surface area contributed by atoms with E-state index in [1.54, 1.807) is 0 Å². The summed E-state index contributed by atoms with van der Waals surface area (Å²) in [6.45, 7) is 2.76. The molecule has 244 valence electrons. The van der Waals surface area contributed by atoms with Gasteiger partial charge in [-0.25, -0.2) is 4.79 Å². The van der Waals surface area contributed by atoms with E-state index in [2.05, 4.69) is 10.6 Å². The molecular weight excluding hydrogens is 544 g/mol. The van der Waals surface area contributed by atoms with Gasteiger partial charge >= 0.3 is 11.9 Å². The van der Waals surface area contributed by atoms with Gasteiger partial charge in [0.15, 0.2) is 5.78 Å². The maximum atomic E-state index is 12.2. The van der Waals surface area contributed by atoms with Crippen molar-refractivity contribution in [2.45, 2.75) is 135 Å². The Hall–Kier alpha value is -2.53. The minimum absolute atomic E-state index is 0.0523. The van der Waals surface area contributed by atoms with Crippen LogP contribution in [0.25, 0.3) is 0 Å². The number of carbonyl (C=O) groups is 5. The van der Waals surface area contributed by atoms with Gasteiger partial charge in [0.05, 0.1) is 19.8 Å². The lowest BCUT2D eigenvalue weighted by Gasteiger charge is -2.14. The molecular formula is C31H56N2O9. The molecule has 0 heterocycles. The third-order valence-corrected chi connectivity index (χ3v) is 6.82. The summed E-state index contributed by atoms with van der Waals surface area (Å²) in [7, 11) is 0. The van der Waals surface area contributed by atoms with Gasteiger partial charge in [0.25, 0.3) is 0 Å². The highest BCUT2D eigenvalue weighted by molar-refractivity contribution is 5.83. The molecule has 0 aliphatic carbocycles. The Morgan fingerprint density at radius 2 is 1.07 bits per heavy atom. The van der Waals surface area contributed by atoms with Crippen molar-refractivity contribution in [1.29, 1.82) is 0 Å². The number of aliphatic carboxylic acids is 2.